The Morgan fingerprint density at radius 3 is 2.93 bits per heavy atom. The van der Waals surface area contributed by atoms with Gasteiger partial charge in [-0.05, 0) is 37.5 Å². The summed E-state index contributed by atoms with van der Waals surface area (Å²) < 4.78 is 1.11. The zero-order valence-electron chi connectivity index (χ0n) is 8.96. The van der Waals surface area contributed by atoms with E-state index >= 15 is 0 Å². The predicted octanol–water partition coefficient (Wildman–Crippen LogP) is 3.12. The van der Waals surface area contributed by atoms with E-state index in [0.29, 0.717) is 0 Å². The molecule has 1 rings (SSSR count). The van der Waals surface area contributed by atoms with Crippen molar-refractivity contribution in [3.8, 4) is 11.8 Å². The predicted molar refractivity (Wildman–Crippen MR) is 68.5 cm³/mol. The van der Waals surface area contributed by atoms with E-state index in [4.69, 9.17) is 5.73 Å². The summed E-state index contributed by atoms with van der Waals surface area (Å²) in [6, 6.07) is 8.50. The Bertz CT molecular complexity index is 362. The second kappa shape index (κ2) is 6.66. The maximum absolute atomic E-state index is 6.01. The van der Waals surface area contributed by atoms with Gasteiger partial charge in [-0.3, -0.25) is 0 Å². The molecule has 1 unspecified atom stereocenters. The van der Waals surface area contributed by atoms with Crippen molar-refractivity contribution >= 4 is 15.9 Å². The van der Waals surface area contributed by atoms with Gasteiger partial charge >= 0.3 is 0 Å². The Hall–Kier alpha value is -0.780. The normalized spacial score (nSPS) is 11.7. The third-order valence-corrected chi connectivity index (χ3v) is 2.70. The smallest absolute Gasteiger partial charge is 0.0178 e. The van der Waals surface area contributed by atoms with Gasteiger partial charge in [0.2, 0.25) is 0 Å². The Morgan fingerprint density at radius 1 is 1.47 bits per heavy atom. The fourth-order valence-electron chi connectivity index (χ4n) is 1.45. The van der Waals surface area contributed by atoms with E-state index in [-0.39, 0.29) is 6.04 Å². The molecule has 0 saturated heterocycles. The molecule has 80 valence electrons. The van der Waals surface area contributed by atoms with Crippen LogP contribution in [-0.4, -0.2) is 6.04 Å². The van der Waals surface area contributed by atoms with Crippen LogP contribution in [0.2, 0.25) is 0 Å². The van der Waals surface area contributed by atoms with Crippen molar-refractivity contribution in [3.63, 3.8) is 0 Å². The van der Waals surface area contributed by atoms with Gasteiger partial charge in [-0.2, -0.15) is 0 Å². The van der Waals surface area contributed by atoms with Gasteiger partial charge in [-0.25, -0.2) is 0 Å². The quantitative estimate of drug-likeness (QED) is 0.832. The molecule has 0 aliphatic carbocycles. The first kappa shape index (κ1) is 12.3. The summed E-state index contributed by atoms with van der Waals surface area (Å²) in [5.74, 6) is 5.92. The van der Waals surface area contributed by atoms with Gasteiger partial charge in [-0.1, -0.05) is 28.1 Å². The fraction of sp³-hybridized carbons (Fsp3) is 0.385. The van der Waals surface area contributed by atoms with Gasteiger partial charge < -0.3 is 5.73 Å². The molecule has 2 N–H and O–H groups in total. The Kier molecular flexibility index (Phi) is 5.45. The average molecular weight is 266 g/mol. The summed E-state index contributed by atoms with van der Waals surface area (Å²) in [6.45, 7) is 1.86. The molecular formula is C13H16BrN. The minimum absolute atomic E-state index is 0.208. The maximum atomic E-state index is 6.01. The highest BCUT2D eigenvalue weighted by molar-refractivity contribution is 9.10. The van der Waals surface area contributed by atoms with Crippen molar-refractivity contribution < 1.29 is 0 Å². The third-order valence-electron chi connectivity index (χ3n) is 2.20. The molecule has 1 aromatic carbocycles. The van der Waals surface area contributed by atoms with Crippen LogP contribution in [0, 0.1) is 11.8 Å². The van der Waals surface area contributed by atoms with Gasteiger partial charge in [0, 0.05) is 16.9 Å². The van der Waals surface area contributed by atoms with E-state index in [0.717, 1.165) is 23.7 Å². The van der Waals surface area contributed by atoms with Crippen LogP contribution < -0.4 is 5.73 Å². The summed E-state index contributed by atoms with van der Waals surface area (Å²) in [4.78, 5) is 0. The second-order valence-electron chi connectivity index (χ2n) is 3.56. The van der Waals surface area contributed by atoms with Crippen LogP contribution in [0.1, 0.15) is 25.3 Å². The highest BCUT2D eigenvalue weighted by Crippen LogP contribution is 2.13. The SMILES string of the molecule is CC#CCCC(N)Cc1cccc(Br)c1. The zero-order chi connectivity index (χ0) is 11.1. The summed E-state index contributed by atoms with van der Waals surface area (Å²) in [7, 11) is 0. The summed E-state index contributed by atoms with van der Waals surface area (Å²) in [5.41, 5.74) is 7.29. The number of rotatable bonds is 4. The molecule has 1 nitrogen and oxygen atoms in total. The molecule has 0 amide bonds. The first-order valence-electron chi connectivity index (χ1n) is 5.12. The van der Waals surface area contributed by atoms with E-state index in [1.807, 2.05) is 19.1 Å². The lowest BCUT2D eigenvalue weighted by Crippen LogP contribution is -2.22. The molecule has 0 heterocycles. The summed E-state index contributed by atoms with van der Waals surface area (Å²) >= 11 is 3.45. The largest absolute Gasteiger partial charge is 0.327 e. The van der Waals surface area contributed by atoms with Crippen LogP contribution >= 0.6 is 15.9 Å². The van der Waals surface area contributed by atoms with Crippen molar-refractivity contribution in [1.29, 1.82) is 0 Å². The zero-order valence-corrected chi connectivity index (χ0v) is 10.5. The standard InChI is InChI=1S/C13H16BrN/c1-2-3-4-8-13(15)10-11-6-5-7-12(14)9-11/h5-7,9,13H,4,8,10,15H2,1H3. The Morgan fingerprint density at radius 2 is 2.27 bits per heavy atom. The topological polar surface area (TPSA) is 26.0 Å². The lowest BCUT2D eigenvalue weighted by molar-refractivity contribution is 0.622. The number of halogens is 1. The van der Waals surface area contributed by atoms with Crippen molar-refractivity contribution in [2.45, 2.75) is 32.2 Å². The molecule has 0 aliphatic rings. The lowest BCUT2D eigenvalue weighted by atomic mass is 10.0. The van der Waals surface area contributed by atoms with Crippen LogP contribution in [0.15, 0.2) is 28.7 Å². The minimum atomic E-state index is 0.208. The number of hydrogen-bond acceptors (Lipinski definition) is 1. The molecule has 2 heteroatoms. The molecule has 0 radical (unpaired) electrons. The van der Waals surface area contributed by atoms with Gasteiger partial charge in [0.25, 0.3) is 0 Å². The van der Waals surface area contributed by atoms with Crippen molar-refractivity contribution in [2.24, 2.45) is 5.73 Å². The molecule has 0 bridgehead atoms. The molecule has 0 spiro atoms. The molecule has 0 aromatic heterocycles. The fourth-order valence-corrected chi connectivity index (χ4v) is 1.90. The van der Waals surface area contributed by atoms with E-state index in [2.05, 4.69) is 39.9 Å². The van der Waals surface area contributed by atoms with Crippen LogP contribution in [0.4, 0.5) is 0 Å². The summed E-state index contributed by atoms with van der Waals surface area (Å²) in [5, 5.41) is 0. The minimum Gasteiger partial charge on any atom is -0.327 e. The molecule has 1 atom stereocenters. The highest BCUT2D eigenvalue weighted by atomic mass is 79.9. The van der Waals surface area contributed by atoms with Gasteiger partial charge in [-0.15, -0.1) is 11.8 Å². The van der Waals surface area contributed by atoms with Crippen LogP contribution in [0.3, 0.4) is 0 Å². The van der Waals surface area contributed by atoms with Crippen LogP contribution in [0.25, 0.3) is 0 Å². The van der Waals surface area contributed by atoms with E-state index in [1.165, 1.54) is 5.56 Å². The summed E-state index contributed by atoms with van der Waals surface area (Å²) in [6.07, 6.45) is 2.78. The molecule has 0 aliphatic heterocycles. The monoisotopic (exact) mass is 265 g/mol. The van der Waals surface area contributed by atoms with Gasteiger partial charge in [0.05, 0.1) is 0 Å². The third kappa shape index (κ3) is 5.01. The molecule has 0 fully saturated rings. The Balaban J connectivity index is 2.42. The number of benzene rings is 1. The highest BCUT2D eigenvalue weighted by Gasteiger charge is 2.03. The van der Waals surface area contributed by atoms with Gasteiger partial charge in [0.15, 0.2) is 0 Å². The van der Waals surface area contributed by atoms with E-state index < -0.39 is 0 Å². The van der Waals surface area contributed by atoms with Gasteiger partial charge in [0.1, 0.15) is 0 Å². The van der Waals surface area contributed by atoms with Crippen LogP contribution in [0.5, 0.6) is 0 Å². The number of hydrogen-bond donors (Lipinski definition) is 1. The first-order chi connectivity index (χ1) is 7.22. The molecule has 0 saturated carbocycles. The molecular weight excluding hydrogens is 250 g/mol. The van der Waals surface area contributed by atoms with Crippen molar-refractivity contribution in [1.82, 2.24) is 0 Å². The van der Waals surface area contributed by atoms with E-state index in [1.54, 1.807) is 0 Å². The molecule has 1 aromatic rings. The Labute approximate surface area is 100 Å². The van der Waals surface area contributed by atoms with E-state index in [9.17, 15) is 0 Å². The maximum Gasteiger partial charge on any atom is 0.0178 e. The number of nitrogens with two attached hydrogens (primary N) is 1. The van der Waals surface area contributed by atoms with Crippen molar-refractivity contribution in [2.75, 3.05) is 0 Å². The van der Waals surface area contributed by atoms with Crippen LogP contribution in [-0.2, 0) is 6.42 Å². The first-order valence-corrected chi connectivity index (χ1v) is 5.91. The molecule has 15 heavy (non-hydrogen) atoms. The lowest BCUT2D eigenvalue weighted by Gasteiger charge is -2.09. The van der Waals surface area contributed by atoms with Crippen molar-refractivity contribution in [3.05, 3.63) is 34.3 Å². The second-order valence-corrected chi connectivity index (χ2v) is 4.48. The average Bonchev–Trinajstić information content (AvgIpc) is 2.18.